The summed E-state index contributed by atoms with van der Waals surface area (Å²) in [6.45, 7) is 6.84. The smallest absolute Gasteiger partial charge is 0.262 e. The number of hydrogen-bond acceptors (Lipinski definition) is 5. The number of fused-ring (bicyclic) bond motifs is 1. The van der Waals surface area contributed by atoms with Crippen molar-refractivity contribution in [3.8, 4) is 0 Å². The van der Waals surface area contributed by atoms with Gasteiger partial charge in [0.15, 0.2) is 0 Å². The van der Waals surface area contributed by atoms with Gasteiger partial charge in [-0.15, -0.1) is 0 Å². The van der Waals surface area contributed by atoms with Crippen LogP contribution in [0.15, 0.2) is 18.2 Å². The number of hydrogen-bond donors (Lipinski definition) is 1. The Labute approximate surface area is 176 Å². The van der Waals surface area contributed by atoms with Gasteiger partial charge in [-0.25, -0.2) is 0 Å². The molecule has 1 saturated heterocycles. The molecule has 1 aromatic carbocycles. The second-order valence-corrected chi connectivity index (χ2v) is 8.75. The first kappa shape index (κ1) is 22.0. The summed E-state index contributed by atoms with van der Waals surface area (Å²) in [7, 11) is 1.56. The fourth-order valence-electron chi connectivity index (χ4n) is 3.89. The lowest BCUT2D eigenvalue weighted by atomic mass is 10.0. The SMILES string of the molecule is COCCC(=O)NC1CCN(C(=O)c2ccc3c(c2)C(=O)N(C(C)(C)C)C3=O)CC1. The molecule has 30 heavy (non-hydrogen) atoms. The summed E-state index contributed by atoms with van der Waals surface area (Å²) in [5, 5.41) is 2.97. The number of carbonyl (C=O) groups excluding carboxylic acids is 4. The van der Waals surface area contributed by atoms with Gasteiger partial charge in [-0.3, -0.25) is 24.1 Å². The lowest BCUT2D eigenvalue weighted by Crippen LogP contribution is -2.46. The van der Waals surface area contributed by atoms with Gasteiger partial charge in [0.2, 0.25) is 5.91 Å². The molecule has 0 radical (unpaired) electrons. The molecule has 8 heteroatoms. The summed E-state index contributed by atoms with van der Waals surface area (Å²) < 4.78 is 4.91. The van der Waals surface area contributed by atoms with E-state index in [9.17, 15) is 19.2 Å². The molecule has 1 N–H and O–H groups in total. The molecule has 8 nitrogen and oxygen atoms in total. The minimum absolute atomic E-state index is 0.0398. The van der Waals surface area contributed by atoms with E-state index in [0.29, 0.717) is 50.1 Å². The van der Waals surface area contributed by atoms with Crippen LogP contribution in [0.5, 0.6) is 0 Å². The van der Waals surface area contributed by atoms with Crippen molar-refractivity contribution in [3.05, 3.63) is 34.9 Å². The van der Waals surface area contributed by atoms with Crippen molar-refractivity contribution in [1.82, 2.24) is 15.1 Å². The molecule has 0 spiro atoms. The highest BCUT2D eigenvalue weighted by atomic mass is 16.5. The lowest BCUT2D eigenvalue weighted by molar-refractivity contribution is -0.122. The van der Waals surface area contributed by atoms with Crippen LogP contribution in [0.3, 0.4) is 0 Å². The van der Waals surface area contributed by atoms with Crippen LogP contribution in [0.2, 0.25) is 0 Å². The Kier molecular flexibility index (Phi) is 6.26. The molecule has 0 aromatic heterocycles. The van der Waals surface area contributed by atoms with Crippen LogP contribution >= 0.6 is 0 Å². The number of ether oxygens (including phenoxy) is 1. The largest absolute Gasteiger partial charge is 0.384 e. The Morgan fingerprint density at radius 2 is 1.73 bits per heavy atom. The van der Waals surface area contributed by atoms with E-state index in [2.05, 4.69) is 5.32 Å². The molecular formula is C22H29N3O5. The van der Waals surface area contributed by atoms with Gasteiger partial charge in [0, 0.05) is 43.8 Å². The molecule has 2 aliphatic heterocycles. The average Bonchev–Trinajstić information content (AvgIpc) is 2.96. The number of amides is 4. The zero-order valence-electron chi connectivity index (χ0n) is 18.0. The topological polar surface area (TPSA) is 96.0 Å². The first-order valence-electron chi connectivity index (χ1n) is 10.2. The van der Waals surface area contributed by atoms with Crippen molar-refractivity contribution in [2.75, 3.05) is 26.8 Å². The molecule has 0 unspecified atom stereocenters. The summed E-state index contributed by atoms with van der Waals surface area (Å²) >= 11 is 0. The van der Waals surface area contributed by atoms with E-state index in [-0.39, 0.29) is 35.2 Å². The van der Waals surface area contributed by atoms with E-state index < -0.39 is 5.54 Å². The predicted octanol–water partition coefficient (Wildman–Crippen LogP) is 1.84. The molecule has 2 aliphatic rings. The first-order valence-corrected chi connectivity index (χ1v) is 10.2. The van der Waals surface area contributed by atoms with E-state index >= 15 is 0 Å². The van der Waals surface area contributed by atoms with E-state index in [4.69, 9.17) is 4.74 Å². The van der Waals surface area contributed by atoms with Crippen molar-refractivity contribution in [1.29, 1.82) is 0 Å². The van der Waals surface area contributed by atoms with Crippen LogP contribution in [-0.2, 0) is 9.53 Å². The van der Waals surface area contributed by atoms with E-state index in [1.807, 2.05) is 0 Å². The van der Waals surface area contributed by atoms with Crippen molar-refractivity contribution in [3.63, 3.8) is 0 Å². The number of nitrogens with zero attached hydrogens (tertiary/aromatic N) is 2. The monoisotopic (exact) mass is 415 g/mol. The molecule has 0 bridgehead atoms. The average molecular weight is 415 g/mol. The van der Waals surface area contributed by atoms with Gasteiger partial charge in [0.1, 0.15) is 0 Å². The molecule has 3 rings (SSSR count). The highest BCUT2D eigenvalue weighted by Gasteiger charge is 2.42. The molecule has 2 heterocycles. The fourth-order valence-corrected chi connectivity index (χ4v) is 3.89. The highest BCUT2D eigenvalue weighted by Crippen LogP contribution is 2.30. The van der Waals surface area contributed by atoms with E-state index in [1.165, 1.54) is 11.0 Å². The van der Waals surface area contributed by atoms with Crippen LogP contribution < -0.4 is 5.32 Å². The number of piperidine rings is 1. The zero-order chi connectivity index (χ0) is 22.1. The summed E-state index contributed by atoms with van der Waals surface area (Å²) in [5.74, 6) is -0.913. The summed E-state index contributed by atoms with van der Waals surface area (Å²) in [5.41, 5.74) is 0.380. The third-order valence-electron chi connectivity index (χ3n) is 5.48. The highest BCUT2D eigenvalue weighted by molar-refractivity contribution is 6.22. The number of rotatable bonds is 5. The quantitative estimate of drug-likeness (QED) is 0.741. The van der Waals surface area contributed by atoms with Gasteiger partial charge in [0.25, 0.3) is 17.7 Å². The zero-order valence-corrected chi connectivity index (χ0v) is 18.0. The molecule has 0 atom stereocenters. The molecule has 0 saturated carbocycles. The van der Waals surface area contributed by atoms with Crippen molar-refractivity contribution in [2.24, 2.45) is 0 Å². The maximum absolute atomic E-state index is 12.9. The van der Waals surface area contributed by atoms with Crippen LogP contribution in [0.1, 0.15) is 71.1 Å². The standard InChI is InChI=1S/C22H29N3O5/c1-22(2,3)25-20(28)16-6-5-14(13-17(16)21(25)29)19(27)24-10-7-15(8-11-24)23-18(26)9-12-30-4/h5-6,13,15H,7-12H2,1-4H3,(H,23,26). The van der Waals surface area contributed by atoms with Gasteiger partial charge >= 0.3 is 0 Å². The van der Waals surface area contributed by atoms with Crippen LogP contribution in [0.4, 0.5) is 0 Å². The van der Waals surface area contributed by atoms with Crippen LogP contribution in [0.25, 0.3) is 0 Å². The summed E-state index contributed by atoms with van der Waals surface area (Å²) in [6, 6.07) is 4.74. The molecular weight excluding hydrogens is 386 g/mol. The van der Waals surface area contributed by atoms with Gasteiger partial charge in [-0.1, -0.05) is 0 Å². The molecule has 1 fully saturated rings. The minimum atomic E-state index is -0.632. The summed E-state index contributed by atoms with van der Waals surface area (Å²) in [6.07, 6.45) is 1.67. The Balaban J connectivity index is 1.65. The van der Waals surface area contributed by atoms with Crippen molar-refractivity contribution < 1.29 is 23.9 Å². The van der Waals surface area contributed by atoms with Gasteiger partial charge in [-0.2, -0.15) is 0 Å². The van der Waals surface area contributed by atoms with E-state index in [0.717, 1.165) is 0 Å². The molecule has 0 aliphatic carbocycles. The number of imide groups is 1. The fraction of sp³-hybridized carbons (Fsp3) is 0.545. The number of methoxy groups -OCH3 is 1. The third-order valence-corrected chi connectivity index (χ3v) is 5.48. The van der Waals surface area contributed by atoms with Crippen molar-refractivity contribution >= 4 is 23.6 Å². The first-order chi connectivity index (χ1) is 14.1. The second kappa shape index (κ2) is 8.55. The predicted molar refractivity (Wildman–Crippen MR) is 110 cm³/mol. The normalized spacial score (nSPS) is 17.3. The Morgan fingerprint density at radius 3 is 2.33 bits per heavy atom. The maximum Gasteiger partial charge on any atom is 0.262 e. The minimum Gasteiger partial charge on any atom is -0.384 e. The Hall–Kier alpha value is -2.74. The maximum atomic E-state index is 12.9. The number of benzene rings is 1. The van der Waals surface area contributed by atoms with Crippen LogP contribution in [0, 0.1) is 0 Å². The van der Waals surface area contributed by atoms with Gasteiger partial charge in [0.05, 0.1) is 17.7 Å². The molecule has 1 aromatic rings. The number of likely N-dealkylation sites (tertiary alicyclic amines) is 1. The number of carbonyl (C=O) groups is 4. The lowest BCUT2D eigenvalue weighted by Gasteiger charge is -2.32. The second-order valence-electron chi connectivity index (χ2n) is 8.75. The summed E-state index contributed by atoms with van der Waals surface area (Å²) in [4.78, 5) is 53.1. The molecule has 4 amide bonds. The Bertz CT molecular complexity index is 866. The van der Waals surface area contributed by atoms with Gasteiger partial charge < -0.3 is 15.0 Å². The Morgan fingerprint density at radius 1 is 1.10 bits per heavy atom. The molecule has 162 valence electrons. The number of nitrogens with one attached hydrogen (secondary N) is 1. The van der Waals surface area contributed by atoms with Crippen LogP contribution in [-0.4, -0.2) is 71.8 Å². The van der Waals surface area contributed by atoms with Gasteiger partial charge in [-0.05, 0) is 51.8 Å². The van der Waals surface area contributed by atoms with E-state index in [1.54, 1.807) is 44.9 Å². The third kappa shape index (κ3) is 4.38. The van der Waals surface area contributed by atoms with Crippen molar-refractivity contribution in [2.45, 2.75) is 51.6 Å².